The summed E-state index contributed by atoms with van der Waals surface area (Å²) in [6, 6.07) is 9.99. The summed E-state index contributed by atoms with van der Waals surface area (Å²) in [6.07, 6.45) is 0.00699. The number of hydrogen-bond acceptors (Lipinski definition) is 2. The zero-order valence-corrected chi connectivity index (χ0v) is 14.3. The molecule has 4 nitrogen and oxygen atoms in total. The highest BCUT2D eigenvalue weighted by Crippen LogP contribution is 2.24. The van der Waals surface area contributed by atoms with E-state index in [0.29, 0.717) is 11.3 Å². The van der Waals surface area contributed by atoms with Crippen molar-refractivity contribution in [2.45, 2.75) is 19.3 Å². The Morgan fingerprint density at radius 2 is 1.80 bits per heavy atom. The lowest BCUT2D eigenvalue weighted by Gasteiger charge is -2.16. The zero-order valence-electron chi connectivity index (χ0n) is 14.3. The average Bonchev–Trinajstić information content (AvgIpc) is 2.54. The summed E-state index contributed by atoms with van der Waals surface area (Å²) in [4.78, 5) is 25.9. The zero-order chi connectivity index (χ0) is 18.6. The molecule has 2 aromatic carbocycles. The third-order valence-corrected chi connectivity index (χ3v) is 3.82. The van der Waals surface area contributed by atoms with Gasteiger partial charge in [0.15, 0.2) is 0 Å². The van der Waals surface area contributed by atoms with Crippen LogP contribution in [0.1, 0.15) is 35.2 Å². The van der Waals surface area contributed by atoms with Gasteiger partial charge in [0.25, 0.3) is 5.91 Å². The molecule has 132 valence electrons. The maximum Gasteiger partial charge on any atom is 0.255 e. The first kappa shape index (κ1) is 18.6. The van der Waals surface area contributed by atoms with E-state index in [1.165, 1.54) is 11.0 Å². The molecule has 0 heterocycles. The van der Waals surface area contributed by atoms with E-state index in [4.69, 9.17) is 0 Å². The number of amides is 2. The minimum Gasteiger partial charge on any atom is -0.345 e. The fraction of sp³-hybridized carbons (Fsp3) is 0.263. The molecule has 0 aliphatic rings. The molecule has 2 rings (SSSR count). The van der Waals surface area contributed by atoms with Gasteiger partial charge < -0.3 is 10.2 Å². The van der Waals surface area contributed by atoms with Gasteiger partial charge in [-0.15, -0.1) is 0 Å². The molecule has 0 spiro atoms. The smallest absolute Gasteiger partial charge is 0.255 e. The van der Waals surface area contributed by atoms with Gasteiger partial charge >= 0.3 is 0 Å². The molecule has 0 unspecified atom stereocenters. The Bertz CT molecular complexity index is 791. The Hall–Kier alpha value is -2.76. The van der Waals surface area contributed by atoms with Crippen LogP contribution in [0, 0.1) is 11.6 Å². The van der Waals surface area contributed by atoms with Crippen molar-refractivity contribution in [3.05, 3.63) is 65.2 Å². The first-order valence-corrected chi connectivity index (χ1v) is 7.85. The molecular weight excluding hydrogens is 326 g/mol. The molecule has 0 radical (unpaired) electrons. The molecular formula is C19H20F2N2O2. The molecule has 0 aliphatic heterocycles. The predicted octanol–water partition coefficient (Wildman–Crippen LogP) is 3.80. The van der Waals surface area contributed by atoms with Crippen LogP contribution < -0.4 is 5.32 Å². The number of benzene rings is 2. The van der Waals surface area contributed by atoms with Gasteiger partial charge in [-0.05, 0) is 29.7 Å². The summed E-state index contributed by atoms with van der Waals surface area (Å²) in [7, 11) is 3.25. The van der Waals surface area contributed by atoms with Crippen molar-refractivity contribution in [2.24, 2.45) is 0 Å². The van der Waals surface area contributed by atoms with Crippen molar-refractivity contribution in [3.63, 3.8) is 0 Å². The van der Waals surface area contributed by atoms with Gasteiger partial charge in [-0.2, -0.15) is 0 Å². The van der Waals surface area contributed by atoms with Crippen molar-refractivity contribution in [2.75, 3.05) is 19.4 Å². The molecule has 1 atom stereocenters. The second kappa shape index (κ2) is 7.88. The molecule has 0 saturated carbocycles. The Balaban J connectivity index is 2.11. The number of rotatable bonds is 5. The number of nitrogens with zero attached hydrogens (tertiary/aromatic N) is 1. The van der Waals surface area contributed by atoms with Crippen LogP contribution in [-0.2, 0) is 4.79 Å². The molecule has 0 aromatic heterocycles. The molecule has 25 heavy (non-hydrogen) atoms. The quantitative estimate of drug-likeness (QED) is 0.895. The lowest BCUT2D eigenvalue weighted by atomic mass is 9.96. The van der Waals surface area contributed by atoms with Crippen LogP contribution in [0.2, 0.25) is 0 Å². The highest BCUT2D eigenvalue weighted by molar-refractivity contribution is 6.03. The van der Waals surface area contributed by atoms with E-state index in [9.17, 15) is 18.4 Å². The van der Waals surface area contributed by atoms with Crippen LogP contribution in [0.5, 0.6) is 0 Å². The summed E-state index contributed by atoms with van der Waals surface area (Å²) >= 11 is 0. The van der Waals surface area contributed by atoms with Crippen LogP contribution in [0.4, 0.5) is 14.5 Å². The first-order valence-electron chi connectivity index (χ1n) is 7.85. The van der Waals surface area contributed by atoms with Crippen LogP contribution in [0.15, 0.2) is 42.5 Å². The van der Waals surface area contributed by atoms with E-state index in [1.54, 1.807) is 45.3 Å². The molecule has 2 aromatic rings. The van der Waals surface area contributed by atoms with Crippen molar-refractivity contribution in [1.82, 2.24) is 4.90 Å². The van der Waals surface area contributed by atoms with E-state index in [1.807, 2.05) is 0 Å². The van der Waals surface area contributed by atoms with E-state index >= 15 is 0 Å². The van der Waals surface area contributed by atoms with E-state index in [0.717, 1.165) is 12.1 Å². The largest absolute Gasteiger partial charge is 0.345 e. The summed E-state index contributed by atoms with van der Waals surface area (Å²) in [5.41, 5.74) is 1.05. The normalized spacial score (nSPS) is 11.7. The summed E-state index contributed by atoms with van der Waals surface area (Å²) in [5, 5.41) is 2.69. The van der Waals surface area contributed by atoms with E-state index in [2.05, 4.69) is 5.32 Å². The highest BCUT2D eigenvalue weighted by atomic mass is 19.1. The highest BCUT2D eigenvalue weighted by Gasteiger charge is 2.18. The summed E-state index contributed by atoms with van der Waals surface area (Å²) in [6.45, 7) is 1.69. The number of hydrogen-bond donors (Lipinski definition) is 1. The van der Waals surface area contributed by atoms with Gasteiger partial charge in [-0.3, -0.25) is 9.59 Å². The Labute approximate surface area is 145 Å². The Morgan fingerprint density at radius 3 is 2.44 bits per heavy atom. The maximum absolute atomic E-state index is 13.8. The fourth-order valence-electron chi connectivity index (χ4n) is 2.51. The second-order valence-corrected chi connectivity index (χ2v) is 6.06. The molecule has 2 amide bonds. The maximum atomic E-state index is 13.8. The van der Waals surface area contributed by atoms with Crippen LogP contribution in [0.25, 0.3) is 0 Å². The number of halogens is 2. The van der Waals surface area contributed by atoms with Crippen molar-refractivity contribution < 1.29 is 18.4 Å². The number of carbonyl (C=O) groups excluding carboxylic acids is 2. The summed E-state index contributed by atoms with van der Waals surface area (Å²) < 4.78 is 26.8. The van der Waals surface area contributed by atoms with E-state index in [-0.39, 0.29) is 23.8 Å². The van der Waals surface area contributed by atoms with Gasteiger partial charge in [0.05, 0.1) is 11.3 Å². The molecule has 0 fully saturated rings. The summed E-state index contributed by atoms with van der Waals surface area (Å²) in [5.74, 6) is -2.35. The van der Waals surface area contributed by atoms with Crippen molar-refractivity contribution in [1.29, 1.82) is 0 Å². The van der Waals surface area contributed by atoms with Gasteiger partial charge in [0.2, 0.25) is 5.91 Å². The Kier molecular flexibility index (Phi) is 5.85. The SMILES string of the molecule is C[C@H](CC(=O)Nc1ccccc1C(=O)N(C)C)c1ccc(F)cc1F. The first-order chi connectivity index (χ1) is 11.8. The van der Waals surface area contributed by atoms with Crippen LogP contribution in [0.3, 0.4) is 0 Å². The lowest BCUT2D eigenvalue weighted by molar-refractivity contribution is -0.116. The van der Waals surface area contributed by atoms with Crippen molar-refractivity contribution >= 4 is 17.5 Å². The number of nitrogens with one attached hydrogen (secondary N) is 1. The third kappa shape index (κ3) is 4.62. The monoisotopic (exact) mass is 346 g/mol. The molecule has 0 aliphatic carbocycles. The number of carbonyl (C=O) groups is 2. The average molecular weight is 346 g/mol. The Morgan fingerprint density at radius 1 is 1.12 bits per heavy atom. The molecule has 0 bridgehead atoms. The fourth-order valence-corrected chi connectivity index (χ4v) is 2.51. The molecule has 6 heteroatoms. The molecule has 1 N–H and O–H groups in total. The van der Waals surface area contributed by atoms with Crippen LogP contribution >= 0.6 is 0 Å². The number of para-hydroxylation sites is 1. The molecule has 0 saturated heterocycles. The van der Waals surface area contributed by atoms with Gasteiger partial charge in [0.1, 0.15) is 11.6 Å². The van der Waals surface area contributed by atoms with Gasteiger partial charge in [-0.25, -0.2) is 8.78 Å². The second-order valence-electron chi connectivity index (χ2n) is 6.06. The van der Waals surface area contributed by atoms with Crippen molar-refractivity contribution in [3.8, 4) is 0 Å². The van der Waals surface area contributed by atoms with Crippen LogP contribution in [-0.4, -0.2) is 30.8 Å². The topological polar surface area (TPSA) is 49.4 Å². The van der Waals surface area contributed by atoms with Gasteiger partial charge in [0, 0.05) is 26.6 Å². The number of anilines is 1. The minimum atomic E-state index is -0.677. The minimum absolute atomic E-state index is 0.00699. The lowest BCUT2D eigenvalue weighted by Crippen LogP contribution is -2.24. The predicted molar refractivity (Wildman–Crippen MR) is 92.5 cm³/mol. The van der Waals surface area contributed by atoms with Gasteiger partial charge in [-0.1, -0.05) is 25.1 Å². The van der Waals surface area contributed by atoms with E-state index < -0.39 is 17.6 Å². The third-order valence-electron chi connectivity index (χ3n) is 3.82. The standard InChI is InChI=1S/C19H20F2N2O2/c1-12(14-9-8-13(20)11-16(14)21)10-18(24)22-17-7-5-4-6-15(17)19(25)23(2)3/h4-9,11-12H,10H2,1-3H3,(H,22,24)/t12-/m1/s1.